The molecule has 0 saturated heterocycles. The van der Waals surface area contributed by atoms with Crippen molar-refractivity contribution in [3.8, 4) is 11.4 Å². The number of hydrogen-bond acceptors (Lipinski definition) is 6. The number of rotatable bonds is 7. The molecular formula is C22H20N2O3S. The molecule has 0 atom stereocenters. The van der Waals surface area contributed by atoms with Gasteiger partial charge in [-0.15, -0.1) is 0 Å². The zero-order valence-corrected chi connectivity index (χ0v) is 16.5. The lowest BCUT2D eigenvalue weighted by atomic mass is 10.2. The van der Waals surface area contributed by atoms with E-state index in [1.807, 2.05) is 48.5 Å². The van der Waals surface area contributed by atoms with Crippen LogP contribution in [-0.2, 0) is 4.74 Å². The smallest absolute Gasteiger partial charge is 0.342 e. The molecule has 28 heavy (non-hydrogen) atoms. The van der Waals surface area contributed by atoms with Gasteiger partial charge >= 0.3 is 5.97 Å². The van der Waals surface area contributed by atoms with Crippen molar-refractivity contribution in [2.24, 2.45) is 0 Å². The molecule has 6 heteroatoms. The first-order valence-electron chi connectivity index (χ1n) is 8.92. The molecule has 0 spiro atoms. The highest BCUT2D eigenvalue weighted by atomic mass is 32.2. The van der Waals surface area contributed by atoms with E-state index < -0.39 is 5.97 Å². The topological polar surface area (TPSA) is 69.2 Å². The molecule has 1 aromatic heterocycles. The number of ketones is 1. The largest absolute Gasteiger partial charge is 0.462 e. The minimum Gasteiger partial charge on any atom is -0.462 e. The second-order valence-corrected chi connectivity index (χ2v) is 6.94. The molecule has 0 aliphatic carbocycles. The lowest BCUT2D eigenvalue weighted by Crippen LogP contribution is -2.13. The van der Waals surface area contributed by atoms with Crippen LogP contribution < -0.4 is 0 Å². The first kappa shape index (κ1) is 19.8. The SMILES string of the molecule is CCOC(=O)c1c(C)nc(-c2ccccc2)nc1SCC(=O)c1ccccc1. The molecule has 0 bridgehead atoms. The van der Waals surface area contributed by atoms with Crippen molar-refractivity contribution in [1.82, 2.24) is 9.97 Å². The molecule has 0 aliphatic heterocycles. The Morgan fingerprint density at radius 1 is 0.964 bits per heavy atom. The van der Waals surface area contributed by atoms with Gasteiger partial charge in [0.25, 0.3) is 0 Å². The van der Waals surface area contributed by atoms with Gasteiger partial charge in [0.2, 0.25) is 0 Å². The lowest BCUT2D eigenvalue weighted by molar-refractivity contribution is 0.0519. The fraction of sp³-hybridized carbons (Fsp3) is 0.182. The van der Waals surface area contributed by atoms with E-state index in [1.165, 1.54) is 11.8 Å². The van der Waals surface area contributed by atoms with Crippen molar-refractivity contribution >= 4 is 23.5 Å². The number of thioether (sulfide) groups is 1. The predicted molar refractivity (Wildman–Crippen MR) is 110 cm³/mol. The van der Waals surface area contributed by atoms with Gasteiger partial charge in [-0.2, -0.15) is 0 Å². The Morgan fingerprint density at radius 3 is 2.25 bits per heavy atom. The van der Waals surface area contributed by atoms with E-state index in [1.54, 1.807) is 26.0 Å². The normalized spacial score (nSPS) is 10.5. The molecule has 3 aromatic rings. The highest BCUT2D eigenvalue weighted by Gasteiger charge is 2.21. The van der Waals surface area contributed by atoms with Crippen LogP contribution in [0.15, 0.2) is 65.7 Å². The lowest BCUT2D eigenvalue weighted by Gasteiger charge is -2.12. The maximum Gasteiger partial charge on any atom is 0.342 e. The standard InChI is InChI=1S/C22H20N2O3S/c1-3-27-22(26)19-15(2)23-20(17-12-8-5-9-13-17)24-21(19)28-14-18(25)16-10-6-4-7-11-16/h4-13H,3,14H2,1-2H3. The highest BCUT2D eigenvalue weighted by molar-refractivity contribution is 8.00. The fourth-order valence-electron chi connectivity index (χ4n) is 2.65. The van der Waals surface area contributed by atoms with Gasteiger partial charge in [0.1, 0.15) is 10.6 Å². The summed E-state index contributed by atoms with van der Waals surface area (Å²) in [4.78, 5) is 34.0. The summed E-state index contributed by atoms with van der Waals surface area (Å²) >= 11 is 1.23. The number of nitrogens with zero attached hydrogens (tertiary/aromatic N) is 2. The Kier molecular flexibility index (Phi) is 6.55. The number of Topliss-reactive ketones (excluding diaryl/α,β-unsaturated/α-hetero) is 1. The fourth-order valence-corrected chi connectivity index (χ4v) is 3.61. The van der Waals surface area contributed by atoms with Gasteiger partial charge in [-0.3, -0.25) is 4.79 Å². The summed E-state index contributed by atoms with van der Waals surface area (Å²) in [6.45, 7) is 3.76. The minimum absolute atomic E-state index is 0.0297. The number of carbonyl (C=O) groups is 2. The average Bonchev–Trinajstić information content (AvgIpc) is 2.73. The number of aryl methyl sites for hydroxylation is 1. The second kappa shape index (κ2) is 9.28. The van der Waals surface area contributed by atoms with Crippen LogP contribution in [0.3, 0.4) is 0 Å². The van der Waals surface area contributed by atoms with Crippen LogP contribution in [0.5, 0.6) is 0 Å². The minimum atomic E-state index is -0.478. The summed E-state index contributed by atoms with van der Waals surface area (Å²) in [6, 6.07) is 18.6. The molecule has 0 unspecified atom stereocenters. The van der Waals surface area contributed by atoms with E-state index in [9.17, 15) is 9.59 Å². The van der Waals surface area contributed by atoms with E-state index in [2.05, 4.69) is 9.97 Å². The molecule has 3 rings (SSSR count). The van der Waals surface area contributed by atoms with Gasteiger partial charge in [-0.05, 0) is 13.8 Å². The van der Waals surface area contributed by atoms with Crippen LogP contribution in [0.4, 0.5) is 0 Å². The van der Waals surface area contributed by atoms with Crippen LogP contribution in [0.25, 0.3) is 11.4 Å². The van der Waals surface area contributed by atoms with Gasteiger partial charge in [0.05, 0.1) is 18.1 Å². The van der Waals surface area contributed by atoms with Crippen molar-refractivity contribution in [3.05, 3.63) is 77.5 Å². The highest BCUT2D eigenvalue weighted by Crippen LogP contribution is 2.27. The van der Waals surface area contributed by atoms with Gasteiger partial charge < -0.3 is 4.74 Å². The van der Waals surface area contributed by atoms with Crippen LogP contribution in [0.1, 0.15) is 33.3 Å². The quantitative estimate of drug-likeness (QED) is 0.253. The van der Waals surface area contributed by atoms with Crippen molar-refractivity contribution in [2.45, 2.75) is 18.9 Å². The van der Waals surface area contributed by atoms with Crippen molar-refractivity contribution < 1.29 is 14.3 Å². The Morgan fingerprint density at radius 2 is 1.61 bits per heavy atom. The average molecular weight is 392 g/mol. The molecule has 0 N–H and O–H groups in total. The summed E-state index contributed by atoms with van der Waals surface area (Å²) in [5.41, 5.74) is 2.31. The number of aromatic nitrogens is 2. The van der Waals surface area contributed by atoms with Crippen LogP contribution in [0, 0.1) is 6.92 Å². The van der Waals surface area contributed by atoms with E-state index in [0.717, 1.165) is 5.56 Å². The zero-order chi connectivity index (χ0) is 19.9. The van der Waals surface area contributed by atoms with Gasteiger partial charge in [0.15, 0.2) is 11.6 Å². The third-order valence-corrected chi connectivity index (χ3v) is 4.98. The van der Waals surface area contributed by atoms with Crippen LogP contribution >= 0.6 is 11.8 Å². The molecular weight excluding hydrogens is 372 g/mol. The van der Waals surface area contributed by atoms with Crippen molar-refractivity contribution in [2.75, 3.05) is 12.4 Å². The third-order valence-electron chi connectivity index (χ3n) is 4.00. The maximum atomic E-state index is 12.5. The molecule has 0 aliphatic rings. The van der Waals surface area contributed by atoms with E-state index in [-0.39, 0.29) is 18.1 Å². The molecule has 1 heterocycles. The van der Waals surface area contributed by atoms with Crippen molar-refractivity contribution in [1.29, 1.82) is 0 Å². The molecule has 0 fully saturated rings. The Balaban J connectivity index is 1.94. The van der Waals surface area contributed by atoms with Crippen molar-refractivity contribution in [3.63, 3.8) is 0 Å². The van der Waals surface area contributed by atoms with E-state index in [4.69, 9.17) is 4.74 Å². The summed E-state index contributed by atoms with van der Waals surface area (Å²) in [7, 11) is 0. The number of esters is 1. The summed E-state index contributed by atoms with van der Waals surface area (Å²) in [6.07, 6.45) is 0. The number of benzene rings is 2. The maximum absolute atomic E-state index is 12.5. The molecule has 0 saturated carbocycles. The molecule has 0 radical (unpaired) electrons. The van der Waals surface area contributed by atoms with Gasteiger partial charge in [-0.25, -0.2) is 14.8 Å². The van der Waals surface area contributed by atoms with Gasteiger partial charge in [0, 0.05) is 11.1 Å². The Bertz CT molecular complexity index is 976. The first-order valence-corrected chi connectivity index (χ1v) is 9.91. The zero-order valence-electron chi connectivity index (χ0n) is 15.7. The van der Waals surface area contributed by atoms with E-state index in [0.29, 0.717) is 27.7 Å². The van der Waals surface area contributed by atoms with Crippen LogP contribution in [0.2, 0.25) is 0 Å². The monoisotopic (exact) mass is 392 g/mol. The van der Waals surface area contributed by atoms with Crippen LogP contribution in [-0.4, -0.2) is 34.1 Å². The molecule has 5 nitrogen and oxygen atoms in total. The Hall–Kier alpha value is -2.99. The summed E-state index contributed by atoms with van der Waals surface area (Å²) in [5.74, 6) is 0.175. The first-order chi connectivity index (χ1) is 13.6. The Labute approximate surface area is 168 Å². The third kappa shape index (κ3) is 4.64. The van der Waals surface area contributed by atoms with Gasteiger partial charge in [-0.1, -0.05) is 72.4 Å². The molecule has 2 aromatic carbocycles. The number of hydrogen-bond donors (Lipinski definition) is 0. The summed E-state index contributed by atoms with van der Waals surface area (Å²) in [5, 5.41) is 0.453. The number of ether oxygens (including phenoxy) is 1. The molecule has 142 valence electrons. The summed E-state index contributed by atoms with van der Waals surface area (Å²) < 4.78 is 5.17. The predicted octanol–water partition coefficient (Wildman–Crippen LogP) is 4.60. The number of carbonyl (C=O) groups excluding carboxylic acids is 2. The molecule has 0 amide bonds. The second-order valence-electron chi connectivity index (χ2n) is 5.98. The van der Waals surface area contributed by atoms with E-state index >= 15 is 0 Å².